The fourth-order valence-corrected chi connectivity index (χ4v) is 2.40. The quantitative estimate of drug-likeness (QED) is 0.716. The monoisotopic (exact) mass is 291 g/mol. The van der Waals surface area contributed by atoms with Crippen molar-refractivity contribution in [3.8, 4) is 0 Å². The topological polar surface area (TPSA) is 52.5 Å². The van der Waals surface area contributed by atoms with Gasteiger partial charge in [-0.1, -0.05) is 6.07 Å². The Labute approximate surface area is 116 Å². The molecule has 1 aromatic carbocycles. The van der Waals surface area contributed by atoms with Crippen LogP contribution >= 0.6 is 11.8 Å². The van der Waals surface area contributed by atoms with E-state index >= 15 is 0 Å². The second kappa shape index (κ2) is 7.79. The van der Waals surface area contributed by atoms with Gasteiger partial charge in [-0.3, -0.25) is 0 Å². The summed E-state index contributed by atoms with van der Waals surface area (Å²) in [5.41, 5.74) is 0.0609. The first-order chi connectivity index (χ1) is 8.99. The van der Waals surface area contributed by atoms with Crippen LogP contribution in [0.5, 0.6) is 0 Å². The third-order valence-corrected chi connectivity index (χ3v) is 4.16. The molecular formula is C13H19F2NO2S. The Kier molecular flexibility index (Phi) is 6.71. The summed E-state index contributed by atoms with van der Waals surface area (Å²) in [6.45, 7) is 2.04. The van der Waals surface area contributed by atoms with Gasteiger partial charge in [0.2, 0.25) is 0 Å². The van der Waals surface area contributed by atoms with Crippen molar-refractivity contribution in [3.05, 3.63) is 35.4 Å². The van der Waals surface area contributed by atoms with E-state index in [2.05, 4.69) is 5.32 Å². The lowest BCUT2D eigenvalue weighted by molar-refractivity contribution is 0.163. The van der Waals surface area contributed by atoms with E-state index in [0.717, 1.165) is 12.1 Å². The maximum absolute atomic E-state index is 13.4. The molecule has 3 N–H and O–H groups in total. The summed E-state index contributed by atoms with van der Waals surface area (Å²) in [7, 11) is 0. The zero-order valence-electron chi connectivity index (χ0n) is 10.9. The van der Waals surface area contributed by atoms with E-state index in [1.54, 1.807) is 0 Å². The van der Waals surface area contributed by atoms with Crippen LogP contribution in [0, 0.1) is 11.6 Å². The van der Waals surface area contributed by atoms with Crippen LogP contribution < -0.4 is 5.32 Å². The Morgan fingerprint density at radius 3 is 2.58 bits per heavy atom. The molecule has 1 rings (SSSR count). The minimum Gasteiger partial charge on any atom is -0.395 e. The van der Waals surface area contributed by atoms with Gasteiger partial charge in [-0.25, -0.2) is 8.78 Å². The van der Waals surface area contributed by atoms with Crippen molar-refractivity contribution in [1.82, 2.24) is 5.32 Å². The highest BCUT2D eigenvalue weighted by Crippen LogP contribution is 2.18. The molecule has 3 atom stereocenters. The summed E-state index contributed by atoms with van der Waals surface area (Å²) in [6, 6.07) is 3.07. The van der Waals surface area contributed by atoms with E-state index in [1.807, 2.05) is 13.2 Å². The molecule has 3 nitrogen and oxygen atoms in total. The number of benzene rings is 1. The van der Waals surface area contributed by atoms with Crippen molar-refractivity contribution in [2.45, 2.75) is 24.3 Å². The number of nitrogens with one attached hydrogen (secondary N) is 1. The number of aliphatic hydroxyl groups is 2. The summed E-state index contributed by atoms with van der Waals surface area (Å²) in [6.07, 6.45) is 0.832. The molecule has 0 aliphatic carbocycles. The van der Waals surface area contributed by atoms with Crippen molar-refractivity contribution < 1.29 is 19.0 Å². The molecule has 19 heavy (non-hydrogen) atoms. The van der Waals surface area contributed by atoms with Gasteiger partial charge in [-0.2, -0.15) is 11.8 Å². The summed E-state index contributed by atoms with van der Waals surface area (Å²) in [5, 5.41) is 22.0. The molecule has 0 aromatic heterocycles. The van der Waals surface area contributed by atoms with E-state index in [1.165, 1.54) is 17.8 Å². The summed E-state index contributed by atoms with van der Waals surface area (Å²) >= 11 is 1.51. The molecule has 0 saturated carbocycles. The van der Waals surface area contributed by atoms with E-state index in [4.69, 9.17) is 5.11 Å². The fourth-order valence-electron chi connectivity index (χ4n) is 1.75. The van der Waals surface area contributed by atoms with Gasteiger partial charge in [-0.15, -0.1) is 0 Å². The maximum atomic E-state index is 13.4. The zero-order chi connectivity index (χ0) is 14.4. The highest BCUT2D eigenvalue weighted by atomic mass is 32.2. The normalized spacial score (nSPS) is 16.1. The third kappa shape index (κ3) is 4.72. The number of rotatable bonds is 7. The van der Waals surface area contributed by atoms with Crippen LogP contribution in [-0.2, 0) is 0 Å². The Morgan fingerprint density at radius 1 is 1.37 bits per heavy atom. The van der Waals surface area contributed by atoms with Gasteiger partial charge in [0.15, 0.2) is 0 Å². The fraction of sp³-hybridized carbons (Fsp3) is 0.538. The van der Waals surface area contributed by atoms with Crippen molar-refractivity contribution >= 4 is 11.8 Å². The average molecular weight is 291 g/mol. The van der Waals surface area contributed by atoms with Crippen molar-refractivity contribution in [1.29, 1.82) is 0 Å². The molecule has 0 aliphatic rings. The molecule has 1 aromatic rings. The molecule has 108 valence electrons. The molecule has 0 bridgehead atoms. The molecular weight excluding hydrogens is 272 g/mol. The number of halogens is 2. The molecule has 0 radical (unpaired) electrons. The van der Waals surface area contributed by atoms with Gasteiger partial charge in [0.1, 0.15) is 11.6 Å². The standard InChI is InChI=1S/C13H19F2NO2S/c1-8(13(7-17)19-2)16-6-12(18)10-4-3-9(14)5-11(10)15/h3-5,8,12-13,16-18H,6-7H2,1-2H3. The Morgan fingerprint density at radius 2 is 2.05 bits per heavy atom. The van der Waals surface area contributed by atoms with Crippen LogP contribution in [0.1, 0.15) is 18.6 Å². The zero-order valence-corrected chi connectivity index (χ0v) is 11.8. The van der Waals surface area contributed by atoms with Crippen LogP contribution in [0.2, 0.25) is 0 Å². The van der Waals surface area contributed by atoms with E-state index < -0.39 is 17.7 Å². The molecule has 6 heteroatoms. The Bertz CT molecular complexity index is 402. The van der Waals surface area contributed by atoms with Crippen LogP contribution in [0.4, 0.5) is 8.78 Å². The minimum atomic E-state index is -1.05. The van der Waals surface area contributed by atoms with Crippen LogP contribution in [0.15, 0.2) is 18.2 Å². The maximum Gasteiger partial charge on any atom is 0.131 e. The second-order valence-corrected chi connectivity index (χ2v) is 5.41. The first-order valence-corrected chi connectivity index (χ1v) is 7.28. The molecule has 3 unspecified atom stereocenters. The molecule has 0 amide bonds. The highest BCUT2D eigenvalue weighted by Gasteiger charge is 2.18. The third-order valence-electron chi connectivity index (χ3n) is 3.00. The SMILES string of the molecule is CSC(CO)C(C)NCC(O)c1ccc(F)cc1F. The van der Waals surface area contributed by atoms with Gasteiger partial charge >= 0.3 is 0 Å². The number of hydrogen-bond acceptors (Lipinski definition) is 4. The van der Waals surface area contributed by atoms with Gasteiger partial charge in [0.25, 0.3) is 0 Å². The number of aliphatic hydroxyl groups excluding tert-OH is 2. The Hall–Kier alpha value is -0.690. The molecule has 0 saturated heterocycles. The first kappa shape index (κ1) is 16.4. The smallest absolute Gasteiger partial charge is 0.131 e. The largest absolute Gasteiger partial charge is 0.395 e. The van der Waals surface area contributed by atoms with E-state index in [-0.39, 0.29) is 30.0 Å². The minimum absolute atomic E-state index is 0.00487. The first-order valence-electron chi connectivity index (χ1n) is 5.99. The van der Waals surface area contributed by atoms with Gasteiger partial charge in [0.05, 0.1) is 12.7 Å². The van der Waals surface area contributed by atoms with Crippen molar-refractivity contribution in [3.63, 3.8) is 0 Å². The summed E-state index contributed by atoms with van der Waals surface area (Å²) in [4.78, 5) is 0. The van der Waals surface area contributed by atoms with Gasteiger partial charge < -0.3 is 15.5 Å². The Balaban J connectivity index is 2.57. The van der Waals surface area contributed by atoms with Gasteiger partial charge in [0, 0.05) is 29.5 Å². The second-order valence-electron chi connectivity index (χ2n) is 4.34. The van der Waals surface area contributed by atoms with Crippen LogP contribution in [0.25, 0.3) is 0 Å². The van der Waals surface area contributed by atoms with Crippen molar-refractivity contribution in [2.24, 2.45) is 0 Å². The van der Waals surface area contributed by atoms with Crippen molar-refractivity contribution in [2.75, 3.05) is 19.4 Å². The molecule has 0 fully saturated rings. The lowest BCUT2D eigenvalue weighted by Crippen LogP contribution is -2.39. The predicted molar refractivity (Wildman–Crippen MR) is 73.2 cm³/mol. The highest BCUT2D eigenvalue weighted by molar-refractivity contribution is 7.99. The van der Waals surface area contributed by atoms with Crippen LogP contribution in [-0.4, -0.2) is 40.9 Å². The predicted octanol–water partition coefficient (Wildman–Crippen LogP) is 1.70. The van der Waals surface area contributed by atoms with Crippen LogP contribution in [0.3, 0.4) is 0 Å². The average Bonchev–Trinajstić information content (AvgIpc) is 2.37. The molecule has 0 spiro atoms. The lowest BCUT2D eigenvalue weighted by Gasteiger charge is -2.23. The lowest BCUT2D eigenvalue weighted by atomic mass is 10.1. The summed E-state index contributed by atoms with van der Waals surface area (Å²) < 4.78 is 26.2. The van der Waals surface area contributed by atoms with E-state index in [0.29, 0.717) is 0 Å². The molecule has 0 aliphatic heterocycles. The number of hydrogen-bond donors (Lipinski definition) is 3. The van der Waals surface area contributed by atoms with E-state index in [9.17, 15) is 13.9 Å². The molecule has 0 heterocycles. The number of thioether (sulfide) groups is 1. The van der Waals surface area contributed by atoms with Gasteiger partial charge in [-0.05, 0) is 19.2 Å². The summed E-state index contributed by atoms with van der Waals surface area (Å²) in [5.74, 6) is -1.43.